The smallest absolute Gasteiger partial charge is 0.335 e. The number of rotatable bonds is 3. The lowest BCUT2D eigenvalue weighted by Crippen LogP contribution is -2.18. The molecule has 1 amide bonds. The molecule has 7 nitrogen and oxygen atoms in total. The Bertz CT molecular complexity index is 606. The fraction of sp³-hybridized carbons (Fsp3) is 0.0909. The first kappa shape index (κ1) is 11.8. The van der Waals surface area contributed by atoms with E-state index in [1.165, 1.54) is 36.1 Å². The highest BCUT2D eigenvalue weighted by atomic mass is 16.4. The van der Waals surface area contributed by atoms with E-state index in [0.29, 0.717) is 5.82 Å². The Kier molecular flexibility index (Phi) is 3.05. The van der Waals surface area contributed by atoms with E-state index in [1.807, 2.05) is 0 Å². The monoisotopic (exact) mass is 246 g/mol. The van der Waals surface area contributed by atoms with Crippen molar-refractivity contribution in [2.24, 2.45) is 0 Å². The maximum Gasteiger partial charge on any atom is 0.335 e. The molecular weight excluding hydrogens is 236 g/mol. The molecule has 0 aliphatic heterocycles. The van der Waals surface area contributed by atoms with Gasteiger partial charge < -0.3 is 10.4 Å². The Hall–Kier alpha value is -2.70. The summed E-state index contributed by atoms with van der Waals surface area (Å²) >= 11 is 0. The number of aromatic nitrogens is 3. The number of aromatic carboxylic acids is 1. The van der Waals surface area contributed by atoms with Crippen LogP contribution in [0, 0.1) is 0 Å². The maximum absolute atomic E-state index is 11.3. The van der Waals surface area contributed by atoms with Crippen molar-refractivity contribution in [2.45, 2.75) is 0 Å². The molecule has 92 valence electrons. The topological polar surface area (TPSA) is 97.1 Å². The van der Waals surface area contributed by atoms with Gasteiger partial charge in [0.05, 0.1) is 5.56 Å². The number of amides is 1. The lowest BCUT2D eigenvalue weighted by atomic mass is 10.3. The molecule has 2 heterocycles. The lowest BCUT2D eigenvalue weighted by molar-refractivity contribution is 0.0696. The summed E-state index contributed by atoms with van der Waals surface area (Å²) in [7, 11) is 1.50. The number of nitrogens with zero attached hydrogens (tertiary/aromatic N) is 3. The SMILES string of the molecule is CNC(=O)c1ccn(-c2cc(C(=O)O)ccn2)n1. The van der Waals surface area contributed by atoms with Gasteiger partial charge in [-0.25, -0.2) is 14.5 Å². The Labute approximate surface area is 102 Å². The van der Waals surface area contributed by atoms with E-state index in [4.69, 9.17) is 5.11 Å². The van der Waals surface area contributed by atoms with Gasteiger partial charge in [-0.3, -0.25) is 4.79 Å². The first-order chi connectivity index (χ1) is 8.61. The Balaban J connectivity index is 2.37. The zero-order valence-corrected chi connectivity index (χ0v) is 9.49. The zero-order valence-electron chi connectivity index (χ0n) is 9.49. The summed E-state index contributed by atoms with van der Waals surface area (Å²) in [5.74, 6) is -1.02. The van der Waals surface area contributed by atoms with Crippen molar-refractivity contribution in [3.8, 4) is 5.82 Å². The predicted molar refractivity (Wildman–Crippen MR) is 61.7 cm³/mol. The van der Waals surface area contributed by atoms with Crippen molar-refractivity contribution < 1.29 is 14.7 Å². The van der Waals surface area contributed by atoms with E-state index in [9.17, 15) is 9.59 Å². The molecule has 2 rings (SSSR count). The number of carboxylic acids is 1. The van der Waals surface area contributed by atoms with Crippen molar-refractivity contribution in [3.05, 3.63) is 41.9 Å². The largest absolute Gasteiger partial charge is 0.478 e. The molecule has 2 N–H and O–H groups in total. The Morgan fingerprint density at radius 3 is 2.83 bits per heavy atom. The molecule has 0 atom stereocenters. The van der Waals surface area contributed by atoms with Gasteiger partial charge >= 0.3 is 5.97 Å². The lowest BCUT2D eigenvalue weighted by Gasteiger charge is -2.01. The summed E-state index contributed by atoms with van der Waals surface area (Å²) in [6.07, 6.45) is 2.92. The zero-order chi connectivity index (χ0) is 13.1. The molecule has 0 bridgehead atoms. The van der Waals surface area contributed by atoms with Gasteiger partial charge in [-0.05, 0) is 18.2 Å². The number of nitrogens with one attached hydrogen (secondary N) is 1. The molecule has 0 saturated heterocycles. The van der Waals surface area contributed by atoms with Crippen LogP contribution in [0.25, 0.3) is 5.82 Å². The van der Waals surface area contributed by atoms with Gasteiger partial charge in [0, 0.05) is 19.4 Å². The van der Waals surface area contributed by atoms with Crippen molar-refractivity contribution in [1.82, 2.24) is 20.1 Å². The average molecular weight is 246 g/mol. The second kappa shape index (κ2) is 4.66. The first-order valence-corrected chi connectivity index (χ1v) is 5.09. The quantitative estimate of drug-likeness (QED) is 0.813. The van der Waals surface area contributed by atoms with Gasteiger partial charge in [0.2, 0.25) is 0 Å². The van der Waals surface area contributed by atoms with Crippen molar-refractivity contribution in [2.75, 3.05) is 7.05 Å². The van der Waals surface area contributed by atoms with Gasteiger partial charge in [-0.1, -0.05) is 0 Å². The molecule has 0 unspecified atom stereocenters. The highest BCUT2D eigenvalue weighted by Gasteiger charge is 2.10. The van der Waals surface area contributed by atoms with Crippen LogP contribution in [0.4, 0.5) is 0 Å². The first-order valence-electron chi connectivity index (χ1n) is 5.09. The summed E-state index contributed by atoms with van der Waals surface area (Å²) in [5.41, 5.74) is 0.344. The molecule has 0 radical (unpaired) electrons. The minimum Gasteiger partial charge on any atom is -0.478 e. The van der Waals surface area contributed by atoms with Crippen molar-refractivity contribution in [3.63, 3.8) is 0 Å². The average Bonchev–Trinajstić information content (AvgIpc) is 2.87. The second-order valence-electron chi connectivity index (χ2n) is 3.43. The van der Waals surface area contributed by atoms with Crippen LogP contribution in [0.1, 0.15) is 20.8 Å². The molecule has 18 heavy (non-hydrogen) atoms. The molecule has 7 heteroatoms. The van der Waals surface area contributed by atoms with Crippen LogP contribution in [-0.4, -0.2) is 38.8 Å². The number of carboxylic acid groups (broad SMARTS) is 1. The van der Waals surface area contributed by atoms with E-state index in [-0.39, 0.29) is 17.2 Å². The van der Waals surface area contributed by atoms with E-state index in [0.717, 1.165) is 0 Å². The van der Waals surface area contributed by atoms with Gasteiger partial charge in [-0.2, -0.15) is 5.10 Å². The van der Waals surface area contributed by atoms with Gasteiger partial charge in [0.15, 0.2) is 11.5 Å². The Morgan fingerprint density at radius 2 is 2.17 bits per heavy atom. The predicted octanol–water partition coefficient (Wildman–Crippen LogP) is 0.325. The van der Waals surface area contributed by atoms with Crippen LogP contribution in [0.2, 0.25) is 0 Å². The van der Waals surface area contributed by atoms with Crippen molar-refractivity contribution in [1.29, 1.82) is 0 Å². The normalized spacial score (nSPS) is 10.1. The molecule has 0 aromatic carbocycles. The van der Waals surface area contributed by atoms with Crippen LogP contribution in [-0.2, 0) is 0 Å². The molecule has 2 aromatic heterocycles. The van der Waals surface area contributed by atoms with E-state index in [1.54, 1.807) is 6.20 Å². The molecule has 0 aliphatic rings. The van der Waals surface area contributed by atoms with Gasteiger partial charge in [0.1, 0.15) is 0 Å². The molecule has 0 saturated carbocycles. The highest BCUT2D eigenvalue weighted by Crippen LogP contribution is 2.07. The van der Waals surface area contributed by atoms with E-state index >= 15 is 0 Å². The summed E-state index contributed by atoms with van der Waals surface area (Å²) < 4.78 is 1.34. The van der Waals surface area contributed by atoms with Crippen LogP contribution in [0.5, 0.6) is 0 Å². The molecule has 0 fully saturated rings. The summed E-state index contributed by atoms with van der Waals surface area (Å²) in [4.78, 5) is 26.2. The Morgan fingerprint density at radius 1 is 1.39 bits per heavy atom. The fourth-order valence-corrected chi connectivity index (χ4v) is 1.38. The number of pyridine rings is 1. The van der Waals surface area contributed by atoms with Gasteiger partial charge in [-0.15, -0.1) is 0 Å². The van der Waals surface area contributed by atoms with Crippen LogP contribution in [0.15, 0.2) is 30.6 Å². The highest BCUT2D eigenvalue weighted by molar-refractivity contribution is 5.92. The molecule has 0 spiro atoms. The summed E-state index contributed by atoms with van der Waals surface area (Å²) in [6, 6.07) is 4.28. The minimum absolute atomic E-state index is 0.108. The van der Waals surface area contributed by atoms with Crippen molar-refractivity contribution >= 4 is 11.9 Å². The van der Waals surface area contributed by atoms with Crippen LogP contribution < -0.4 is 5.32 Å². The van der Waals surface area contributed by atoms with E-state index in [2.05, 4.69) is 15.4 Å². The fourth-order valence-electron chi connectivity index (χ4n) is 1.38. The van der Waals surface area contributed by atoms with Crippen LogP contribution in [0.3, 0.4) is 0 Å². The minimum atomic E-state index is -1.04. The third-order valence-electron chi connectivity index (χ3n) is 2.28. The third-order valence-corrected chi connectivity index (χ3v) is 2.28. The van der Waals surface area contributed by atoms with Crippen LogP contribution >= 0.6 is 0 Å². The number of carbonyl (C=O) groups is 2. The number of hydrogen-bond donors (Lipinski definition) is 2. The third kappa shape index (κ3) is 2.19. The van der Waals surface area contributed by atoms with Gasteiger partial charge in [0.25, 0.3) is 5.91 Å². The number of hydrogen-bond acceptors (Lipinski definition) is 4. The maximum atomic E-state index is 11.3. The molecule has 0 aliphatic carbocycles. The molecule has 2 aromatic rings. The number of carbonyl (C=O) groups excluding carboxylic acids is 1. The summed E-state index contributed by atoms with van der Waals surface area (Å²) in [6.45, 7) is 0. The molecular formula is C11H10N4O3. The second-order valence-corrected chi connectivity index (χ2v) is 3.43. The standard InChI is InChI=1S/C11H10N4O3/c1-12-10(16)8-3-5-15(14-8)9-6-7(11(17)18)2-4-13-9/h2-6H,1H3,(H,12,16)(H,17,18). The van der Waals surface area contributed by atoms with E-state index < -0.39 is 5.97 Å². The summed E-state index contributed by atoms with van der Waals surface area (Å²) in [5, 5.41) is 15.3.